The van der Waals surface area contributed by atoms with Crippen LogP contribution < -0.4 is 5.32 Å². The molecule has 2 aromatic rings. The Kier molecular flexibility index (Phi) is 3.47. The molecule has 0 aliphatic rings. The van der Waals surface area contributed by atoms with Gasteiger partial charge in [0.1, 0.15) is 0 Å². The highest BCUT2D eigenvalue weighted by Gasteiger charge is 2.03. The van der Waals surface area contributed by atoms with Gasteiger partial charge >= 0.3 is 0 Å². The highest BCUT2D eigenvalue weighted by molar-refractivity contribution is 5.34. The standard InChI is InChI=1S/C14H19N3/c1-4-12-7-5-6-8-13(12)9-15-14-16-11(2)10-17(14)3/h5-8,10H,4,9H2,1-3H3,(H,15,16). The summed E-state index contributed by atoms with van der Waals surface area (Å²) in [4.78, 5) is 4.43. The van der Waals surface area contributed by atoms with Gasteiger partial charge in [-0.1, -0.05) is 31.2 Å². The molecule has 0 radical (unpaired) electrons. The highest BCUT2D eigenvalue weighted by atomic mass is 15.2. The Morgan fingerprint density at radius 3 is 2.53 bits per heavy atom. The summed E-state index contributed by atoms with van der Waals surface area (Å²) in [5.41, 5.74) is 3.78. The van der Waals surface area contributed by atoms with Crippen molar-refractivity contribution in [1.29, 1.82) is 0 Å². The first-order valence-corrected chi connectivity index (χ1v) is 6.01. The van der Waals surface area contributed by atoms with Gasteiger partial charge in [0.2, 0.25) is 5.95 Å². The predicted molar refractivity (Wildman–Crippen MR) is 71.1 cm³/mol. The fourth-order valence-electron chi connectivity index (χ4n) is 2.03. The Morgan fingerprint density at radius 2 is 1.94 bits per heavy atom. The Hall–Kier alpha value is -1.77. The van der Waals surface area contributed by atoms with E-state index in [0.29, 0.717) is 0 Å². The first-order chi connectivity index (χ1) is 8.20. The number of hydrogen-bond donors (Lipinski definition) is 1. The molecular formula is C14H19N3. The van der Waals surface area contributed by atoms with Gasteiger partial charge in [-0.2, -0.15) is 0 Å². The quantitative estimate of drug-likeness (QED) is 0.873. The van der Waals surface area contributed by atoms with E-state index < -0.39 is 0 Å². The number of aromatic nitrogens is 2. The molecular weight excluding hydrogens is 210 g/mol. The summed E-state index contributed by atoms with van der Waals surface area (Å²) in [5, 5.41) is 3.38. The average Bonchev–Trinajstić information content (AvgIpc) is 2.65. The molecule has 1 N–H and O–H groups in total. The van der Waals surface area contributed by atoms with Crippen molar-refractivity contribution in [1.82, 2.24) is 9.55 Å². The van der Waals surface area contributed by atoms with Gasteiger partial charge < -0.3 is 9.88 Å². The van der Waals surface area contributed by atoms with Crippen molar-refractivity contribution >= 4 is 5.95 Å². The molecule has 2 rings (SSSR count). The maximum atomic E-state index is 4.43. The summed E-state index contributed by atoms with van der Waals surface area (Å²) in [5.74, 6) is 0.924. The molecule has 3 heteroatoms. The van der Waals surface area contributed by atoms with Crippen molar-refractivity contribution in [2.45, 2.75) is 26.8 Å². The van der Waals surface area contributed by atoms with Crippen molar-refractivity contribution < 1.29 is 0 Å². The third kappa shape index (κ3) is 2.67. The van der Waals surface area contributed by atoms with Gasteiger partial charge in [0.05, 0.1) is 5.69 Å². The second-order valence-corrected chi connectivity index (χ2v) is 4.29. The lowest BCUT2D eigenvalue weighted by atomic mass is 10.1. The number of imidazole rings is 1. The minimum atomic E-state index is 0.828. The van der Waals surface area contributed by atoms with Crippen LogP contribution in [0.4, 0.5) is 5.95 Å². The van der Waals surface area contributed by atoms with E-state index >= 15 is 0 Å². The third-order valence-electron chi connectivity index (χ3n) is 2.93. The molecule has 0 aliphatic carbocycles. The number of benzene rings is 1. The maximum Gasteiger partial charge on any atom is 0.203 e. The molecule has 0 amide bonds. The lowest BCUT2D eigenvalue weighted by Gasteiger charge is -2.09. The molecule has 3 nitrogen and oxygen atoms in total. The second kappa shape index (κ2) is 5.04. The van der Waals surface area contributed by atoms with Crippen LogP contribution in [0.15, 0.2) is 30.5 Å². The minimum Gasteiger partial charge on any atom is -0.352 e. The summed E-state index contributed by atoms with van der Waals surface area (Å²) in [6, 6.07) is 8.52. The summed E-state index contributed by atoms with van der Waals surface area (Å²) >= 11 is 0. The van der Waals surface area contributed by atoms with Gasteiger partial charge in [-0.25, -0.2) is 4.98 Å². The molecule has 0 fully saturated rings. The molecule has 0 saturated carbocycles. The van der Waals surface area contributed by atoms with E-state index in [4.69, 9.17) is 0 Å². The van der Waals surface area contributed by atoms with Crippen LogP contribution in [0.25, 0.3) is 0 Å². The lowest BCUT2D eigenvalue weighted by Crippen LogP contribution is -2.06. The van der Waals surface area contributed by atoms with Crippen LogP contribution in [-0.4, -0.2) is 9.55 Å². The topological polar surface area (TPSA) is 29.9 Å². The van der Waals surface area contributed by atoms with E-state index in [2.05, 4.69) is 41.5 Å². The molecule has 0 saturated heterocycles. The monoisotopic (exact) mass is 229 g/mol. The molecule has 1 aromatic heterocycles. The van der Waals surface area contributed by atoms with E-state index in [-0.39, 0.29) is 0 Å². The van der Waals surface area contributed by atoms with Gasteiger partial charge in [-0.05, 0) is 24.5 Å². The molecule has 0 unspecified atom stereocenters. The Bertz CT molecular complexity index is 500. The number of aryl methyl sites for hydroxylation is 3. The van der Waals surface area contributed by atoms with Gasteiger partial charge in [-0.3, -0.25) is 0 Å². The summed E-state index contributed by atoms with van der Waals surface area (Å²) in [7, 11) is 2.01. The van der Waals surface area contributed by atoms with Gasteiger partial charge in [0.15, 0.2) is 0 Å². The number of anilines is 1. The smallest absolute Gasteiger partial charge is 0.203 e. The summed E-state index contributed by atoms with van der Waals surface area (Å²) in [6.45, 7) is 5.02. The van der Waals surface area contributed by atoms with Crippen LogP contribution in [0.3, 0.4) is 0 Å². The zero-order valence-corrected chi connectivity index (χ0v) is 10.7. The number of rotatable bonds is 4. The van der Waals surface area contributed by atoms with Crippen LogP contribution >= 0.6 is 0 Å². The minimum absolute atomic E-state index is 0.828. The van der Waals surface area contributed by atoms with Crippen LogP contribution in [-0.2, 0) is 20.0 Å². The SMILES string of the molecule is CCc1ccccc1CNc1nc(C)cn1C. The van der Waals surface area contributed by atoms with Gasteiger partial charge in [-0.15, -0.1) is 0 Å². The Balaban J connectivity index is 2.09. The second-order valence-electron chi connectivity index (χ2n) is 4.29. The van der Waals surface area contributed by atoms with E-state index in [1.807, 2.05) is 24.7 Å². The highest BCUT2D eigenvalue weighted by Crippen LogP contribution is 2.12. The number of nitrogens with one attached hydrogen (secondary N) is 1. The first-order valence-electron chi connectivity index (χ1n) is 6.01. The fraction of sp³-hybridized carbons (Fsp3) is 0.357. The molecule has 0 atom stereocenters. The number of hydrogen-bond acceptors (Lipinski definition) is 2. The van der Waals surface area contributed by atoms with Crippen molar-refractivity contribution in [3.63, 3.8) is 0 Å². The zero-order valence-electron chi connectivity index (χ0n) is 10.7. The molecule has 1 aromatic carbocycles. The van der Waals surface area contributed by atoms with E-state index in [1.54, 1.807) is 0 Å². The molecule has 0 aliphatic heterocycles. The van der Waals surface area contributed by atoms with Crippen LogP contribution in [0.5, 0.6) is 0 Å². The van der Waals surface area contributed by atoms with E-state index in [0.717, 1.165) is 24.6 Å². The Morgan fingerprint density at radius 1 is 1.24 bits per heavy atom. The lowest BCUT2D eigenvalue weighted by molar-refractivity contribution is 0.896. The molecule has 1 heterocycles. The van der Waals surface area contributed by atoms with Crippen molar-refractivity contribution in [2.24, 2.45) is 7.05 Å². The summed E-state index contributed by atoms with van der Waals surface area (Å²) in [6.07, 6.45) is 3.09. The Labute approximate surface area is 103 Å². The molecule has 0 bridgehead atoms. The van der Waals surface area contributed by atoms with Crippen molar-refractivity contribution in [2.75, 3.05) is 5.32 Å². The normalized spacial score (nSPS) is 10.5. The molecule has 0 spiro atoms. The fourth-order valence-corrected chi connectivity index (χ4v) is 2.03. The van der Waals surface area contributed by atoms with Gasteiger partial charge in [0.25, 0.3) is 0 Å². The predicted octanol–water partition coefficient (Wildman–Crippen LogP) is 2.90. The zero-order chi connectivity index (χ0) is 12.3. The van der Waals surface area contributed by atoms with E-state index in [9.17, 15) is 0 Å². The molecule has 90 valence electrons. The van der Waals surface area contributed by atoms with Crippen LogP contribution in [0, 0.1) is 6.92 Å². The largest absolute Gasteiger partial charge is 0.352 e. The first kappa shape index (κ1) is 11.7. The maximum absolute atomic E-state index is 4.43. The van der Waals surface area contributed by atoms with Crippen LogP contribution in [0.2, 0.25) is 0 Å². The van der Waals surface area contributed by atoms with Crippen molar-refractivity contribution in [3.05, 3.63) is 47.3 Å². The van der Waals surface area contributed by atoms with Crippen LogP contribution in [0.1, 0.15) is 23.7 Å². The average molecular weight is 229 g/mol. The van der Waals surface area contributed by atoms with E-state index in [1.165, 1.54) is 11.1 Å². The van der Waals surface area contributed by atoms with Crippen molar-refractivity contribution in [3.8, 4) is 0 Å². The summed E-state index contributed by atoms with van der Waals surface area (Å²) < 4.78 is 2.02. The molecule has 17 heavy (non-hydrogen) atoms. The number of nitrogens with zero attached hydrogens (tertiary/aromatic N) is 2. The third-order valence-corrected chi connectivity index (χ3v) is 2.93. The van der Waals surface area contributed by atoms with Gasteiger partial charge in [0, 0.05) is 19.8 Å².